The molecule has 0 bridgehead atoms. The van der Waals surface area contributed by atoms with Gasteiger partial charge in [0.25, 0.3) is 0 Å². The van der Waals surface area contributed by atoms with Gasteiger partial charge in [-0.05, 0) is 39.8 Å². The average molecular weight is 218 g/mol. The standard InChI is InChI=1S/C14H22N2/c1-5-15-11-14(3,4)16(6-2)13-10-8-7-9-12(13)15/h7-10H,5-6,11H2,1-4H3. The Hall–Kier alpha value is -1.18. The molecule has 0 atom stereocenters. The second-order valence-electron chi connectivity index (χ2n) is 5.06. The first kappa shape index (κ1) is 11.3. The van der Waals surface area contributed by atoms with Crippen LogP contribution < -0.4 is 9.80 Å². The van der Waals surface area contributed by atoms with E-state index >= 15 is 0 Å². The molecule has 1 aliphatic heterocycles. The molecular formula is C14H22N2. The Kier molecular flexibility index (Phi) is 2.83. The van der Waals surface area contributed by atoms with E-state index in [1.54, 1.807) is 0 Å². The summed E-state index contributed by atoms with van der Waals surface area (Å²) in [5, 5.41) is 0. The summed E-state index contributed by atoms with van der Waals surface area (Å²) in [6, 6.07) is 8.74. The maximum atomic E-state index is 2.51. The molecule has 2 nitrogen and oxygen atoms in total. The van der Waals surface area contributed by atoms with Crippen LogP contribution in [0.5, 0.6) is 0 Å². The molecule has 1 aromatic carbocycles. The van der Waals surface area contributed by atoms with E-state index in [2.05, 4.69) is 61.8 Å². The van der Waals surface area contributed by atoms with Crippen molar-refractivity contribution in [3.8, 4) is 0 Å². The highest BCUT2D eigenvalue weighted by Gasteiger charge is 2.34. The van der Waals surface area contributed by atoms with Gasteiger partial charge in [0.1, 0.15) is 0 Å². The van der Waals surface area contributed by atoms with Crippen LogP contribution in [0.3, 0.4) is 0 Å². The Labute approximate surface area is 98.9 Å². The van der Waals surface area contributed by atoms with E-state index in [-0.39, 0.29) is 5.54 Å². The van der Waals surface area contributed by atoms with Crippen molar-refractivity contribution in [3.05, 3.63) is 24.3 Å². The third kappa shape index (κ3) is 1.66. The van der Waals surface area contributed by atoms with Crippen molar-refractivity contribution in [2.24, 2.45) is 0 Å². The minimum Gasteiger partial charge on any atom is -0.368 e. The van der Waals surface area contributed by atoms with E-state index in [9.17, 15) is 0 Å². The summed E-state index contributed by atoms with van der Waals surface area (Å²) < 4.78 is 0. The molecule has 0 spiro atoms. The van der Waals surface area contributed by atoms with Gasteiger partial charge in [0.2, 0.25) is 0 Å². The first-order valence-corrected chi connectivity index (χ1v) is 6.21. The topological polar surface area (TPSA) is 6.48 Å². The summed E-state index contributed by atoms with van der Waals surface area (Å²) in [5.74, 6) is 0. The molecule has 1 aromatic rings. The molecule has 0 radical (unpaired) electrons. The molecule has 0 N–H and O–H groups in total. The van der Waals surface area contributed by atoms with Crippen molar-refractivity contribution in [3.63, 3.8) is 0 Å². The van der Waals surface area contributed by atoms with Crippen LogP contribution in [0, 0.1) is 0 Å². The van der Waals surface area contributed by atoms with Crippen molar-refractivity contribution in [1.82, 2.24) is 0 Å². The molecular weight excluding hydrogens is 196 g/mol. The van der Waals surface area contributed by atoms with Crippen LogP contribution in [-0.2, 0) is 0 Å². The molecule has 0 amide bonds. The molecule has 2 rings (SSSR count). The molecule has 0 fully saturated rings. The molecule has 88 valence electrons. The van der Waals surface area contributed by atoms with Crippen molar-refractivity contribution >= 4 is 11.4 Å². The van der Waals surface area contributed by atoms with Crippen LogP contribution >= 0.6 is 0 Å². The Morgan fingerprint density at radius 2 is 1.69 bits per heavy atom. The van der Waals surface area contributed by atoms with Gasteiger partial charge in [0, 0.05) is 19.6 Å². The molecule has 2 heteroatoms. The van der Waals surface area contributed by atoms with E-state index < -0.39 is 0 Å². The largest absolute Gasteiger partial charge is 0.368 e. The predicted molar refractivity (Wildman–Crippen MR) is 71.4 cm³/mol. The number of hydrogen-bond acceptors (Lipinski definition) is 2. The lowest BCUT2D eigenvalue weighted by atomic mass is 9.96. The number of anilines is 2. The second-order valence-corrected chi connectivity index (χ2v) is 5.06. The highest BCUT2D eigenvalue weighted by Crippen LogP contribution is 2.38. The second kappa shape index (κ2) is 4.00. The predicted octanol–water partition coefficient (Wildman–Crippen LogP) is 3.13. The Bertz CT molecular complexity index is 371. The molecule has 0 saturated carbocycles. The summed E-state index contributed by atoms with van der Waals surface area (Å²) >= 11 is 0. The Balaban J connectivity index is 2.50. The lowest BCUT2D eigenvalue weighted by Gasteiger charge is -2.49. The SMILES string of the molecule is CCN1CC(C)(C)N(CC)c2ccccc21. The number of hydrogen-bond donors (Lipinski definition) is 0. The van der Waals surface area contributed by atoms with E-state index in [0.717, 1.165) is 19.6 Å². The van der Waals surface area contributed by atoms with E-state index in [0.29, 0.717) is 0 Å². The average Bonchev–Trinajstić information content (AvgIpc) is 2.27. The van der Waals surface area contributed by atoms with Crippen molar-refractivity contribution < 1.29 is 0 Å². The number of para-hydroxylation sites is 2. The summed E-state index contributed by atoms with van der Waals surface area (Å²) in [5.41, 5.74) is 2.98. The van der Waals surface area contributed by atoms with Gasteiger partial charge >= 0.3 is 0 Å². The van der Waals surface area contributed by atoms with Crippen LogP contribution in [0.1, 0.15) is 27.7 Å². The number of fused-ring (bicyclic) bond motifs is 1. The highest BCUT2D eigenvalue weighted by molar-refractivity contribution is 5.74. The van der Waals surface area contributed by atoms with Gasteiger partial charge in [0.15, 0.2) is 0 Å². The van der Waals surface area contributed by atoms with Gasteiger partial charge in [-0.2, -0.15) is 0 Å². The fourth-order valence-electron chi connectivity index (χ4n) is 2.80. The fourth-order valence-corrected chi connectivity index (χ4v) is 2.80. The van der Waals surface area contributed by atoms with E-state index in [1.807, 2.05) is 0 Å². The Morgan fingerprint density at radius 3 is 2.25 bits per heavy atom. The summed E-state index contributed by atoms with van der Waals surface area (Å²) in [6.07, 6.45) is 0. The highest BCUT2D eigenvalue weighted by atomic mass is 15.3. The normalized spacial score (nSPS) is 18.5. The van der Waals surface area contributed by atoms with Crippen molar-refractivity contribution in [1.29, 1.82) is 0 Å². The van der Waals surface area contributed by atoms with Gasteiger partial charge in [0.05, 0.1) is 16.9 Å². The minimum atomic E-state index is 0.221. The summed E-state index contributed by atoms with van der Waals surface area (Å²) in [7, 11) is 0. The molecule has 16 heavy (non-hydrogen) atoms. The minimum absolute atomic E-state index is 0.221. The number of rotatable bonds is 2. The number of benzene rings is 1. The van der Waals surface area contributed by atoms with Crippen LogP contribution in [0.25, 0.3) is 0 Å². The van der Waals surface area contributed by atoms with E-state index in [1.165, 1.54) is 11.4 Å². The smallest absolute Gasteiger partial charge is 0.0609 e. The lowest BCUT2D eigenvalue weighted by Crippen LogP contribution is -2.56. The first-order chi connectivity index (χ1) is 7.60. The van der Waals surface area contributed by atoms with Gasteiger partial charge < -0.3 is 9.80 Å². The van der Waals surface area contributed by atoms with Gasteiger partial charge in [-0.25, -0.2) is 0 Å². The molecule has 0 saturated heterocycles. The fraction of sp³-hybridized carbons (Fsp3) is 0.571. The van der Waals surface area contributed by atoms with Crippen molar-refractivity contribution in [2.45, 2.75) is 33.2 Å². The zero-order valence-corrected chi connectivity index (χ0v) is 10.8. The van der Waals surface area contributed by atoms with Gasteiger partial charge in [-0.15, -0.1) is 0 Å². The summed E-state index contributed by atoms with van der Waals surface area (Å²) in [4.78, 5) is 4.98. The monoisotopic (exact) mass is 218 g/mol. The summed E-state index contributed by atoms with van der Waals surface area (Å²) in [6.45, 7) is 12.4. The molecule has 0 aliphatic carbocycles. The van der Waals surface area contributed by atoms with Crippen LogP contribution in [0.2, 0.25) is 0 Å². The maximum Gasteiger partial charge on any atom is 0.0609 e. The third-order valence-electron chi connectivity index (χ3n) is 3.52. The number of likely N-dealkylation sites (N-methyl/N-ethyl adjacent to an activating group) is 2. The molecule has 0 unspecified atom stereocenters. The third-order valence-corrected chi connectivity index (χ3v) is 3.52. The van der Waals surface area contributed by atoms with Gasteiger partial charge in [-0.3, -0.25) is 0 Å². The zero-order chi connectivity index (χ0) is 11.8. The van der Waals surface area contributed by atoms with Crippen LogP contribution in [0.4, 0.5) is 11.4 Å². The first-order valence-electron chi connectivity index (χ1n) is 6.21. The quantitative estimate of drug-likeness (QED) is 0.752. The van der Waals surface area contributed by atoms with E-state index in [4.69, 9.17) is 0 Å². The molecule has 1 heterocycles. The Morgan fingerprint density at radius 1 is 1.06 bits per heavy atom. The van der Waals surface area contributed by atoms with Crippen molar-refractivity contribution in [2.75, 3.05) is 29.4 Å². The van der Waals surface area contributed by atoms with Gasteiger partial charge in [-0.1, -0.05) is 12.1 Å². The zero-order valence-electron chi connectivity index (χ0n) is 10.8. The maximum absolute atomic E-state index is 2.51. The van der Waals surface area contributed by atoms with Crippen LogP contribution in [-0.4, -0.2) is 25.2 Å². The lowest BCUT2D eigenvalue weighted by molar-refractivity contribution is 0.446. The molecule has 1 aliphatic rings. The number of nitrogens with zero attached hydrogens (tertiary/aromatic N) is 2. The van der Waals surface area contributed by atoms with Crippen LogP contribution in [0.15, 0.2) is 24.3 Å². The molecule has 0 aromatic heterocycles.